The van der Waals surface area contributed by atoms with E-state index in [4.69, 9.17) is 4.98 Å². The van der Waals surface area contributed by atoms with E-state index in [-0.39, 0.29) is 23.8 Å². The smallest absolute Gasteiger partial charge is 0.240 e. The molecule has 8 heteroatoms. The Balaban J connectivity index is 0.00000308. The van der Waals surface area contributed by atoms with Crippen LogP contribution in [0.15, 0.2) is 114 Å². The van der Waals surface area contributed by atoms with Crippen LogP contribution in [0.3, 0.4) is 0 Å². The largest absolute Gasteiger partial charge is 0.369 e. The van der Waals surface area contributed by atoms with Crippen molar-refractivity contribution in [3.05, 3.63) is 120 Å². The Bertz CT molecular complexity index is 1680. The first kappa shape index (κ1) is 26.8. The maximum atomic E-state index is 13.0. The maximum absolute atomic E-state index is 13.0. The molecule has 3 aromatic carbocycles. The van der Waals surface area contributed by atoms with Gasteiger partial charge in [0.15, 0.2) is 0 Å². The number of anilines is 1. The number of nitrogens with one attached hydrogen (secondary N) is 1. The Morgan fingerprint density at radius 1 is 0.872 bits per heavy atom. The molecule has 0 saturated carbocycles. The van der Waals surface area contributed by atoms with Crippen molar-refractivity contribution in [2.45, 2.75) is 23.8 Å². The van der Waals surface area contributed by atoms with Crippen LogP contribution >= 0.6 is 12.4 Å². The molecule has 1 saturated heterocycles. The zero-order valence-electron chi connectivity index (χ0n) is 21.3. The number of hydrogen-bond donors (Lipinski definition) is 1. The summed E-state index contributed by atoms with van der Waals surface area (Å²) in [6.07, 6.45) is 2.92. The molecular formula is C31H29ClN4O2S. The molecule has 6 rings (SSSR count). The fourth-order valence-corrected chi connectivity index (χ4v) is 6.15. The number of pyridine rings is 2. The average molecular weight is 557 g/mol. The van der Waals surface area contributed by atoms with E-state index in [1.807, 2.05) is 60.8 Å². The summed E-state index contributed by atoms with van der Waals surface area (Å²) in [6.45, 7) is 2.11. The number of nitrogens with zero attached hydrogens (tertiary/aromatic N) is 3. The van der Waals surface area contributed by atoms with Gasteiger partial charge >= 0.3 is 0 Å². The van der Waals surface area contributed by atoms with Crippen LogP contribution in [-0.2, 0) is 16.6 Å². The monoisotopic (exact) mass is 556 g/mol. The van der Waals surface area contributed by atoms with Gasteiger partial charge in [-0.1, -0.05) is 72.8 Å². The Kier molecular flexibility index (Phi) is 7.93. The number of hydrogen-bond acceptors (Lipinski definition) is 5. The van der Waals surface area contributed by atoms with E-state index in [1.54, 1.807) is 18.2 Å². The molecular weight excluding hydrogens is 528 g/mol. The Labute approximate surface area is 235 Å². The van der Waals surface area contributed by atoms with Crippen molar-refractivity contribution in [1.82, 2.24) is 14.7 Å². The third kappa shape index (κ3) is 5.81. The average Bonchev–Trinajstić information content (AvgIpc) is 3.47. The van der Waals surface area contributed by atoms with Crippen molar-refractivity contribution in [1.29, 1.82) is 0 Å². The van der Waals surface area contributed by atoms with Crippen molar-refractivity contribution in [2.75, 3.05) is 18.0 Å². The molecule has 0 bridgehead atoms. The molecule has 5 aromatic rings. The molecule has 1 N–H and O–H groups in total. The second-order valence-corrected chi connectivity index (χ2v) is 11.3. The van der Waals surface area contributed by atoms with Crippen molar-refractivity contribution >= 4 is 39.2 Å². The van der Waals surface area contributed by atoms with E-state index < -0.39 is 10.0 Å². The van der Waals surface area contributed by atoms with Crippen molar-refractivity contribution in [2.24, 2.45) is 0 Å². The third-order valence-electron chi connectivity index (χ3n) is 7.11. The highest BCUT2D eigenvalue weighted by molar-refractivity contribution is 7.89. The van der Waals surface area contributed by atoms with E-state index in [1.165, 1.54) is 5.56 Å². The highest BCUT2D eigenvalue weighted by Crippen LogP contribution is 2.34. The quantitative estimate of drug-likeness (QED) is 0.259. The summed E-state index contributed by atoms with van der Waals surface area (Å²) in [5.41, 5.74) is 6.43. The van der Waals surface area contributed by atoms with E-state index in [0.29, 0.717) is 11.6 Å². The Morgan fingerprint density at radius 2 is 1.64 bits per heavy atom. The van der Waals surface area contributed by atoms with Crippen LogP contribution in [0.1, 0.15) is 23.5 Å². The topological polar surface area (TPSA) is 75.2 Å². The second kappa shape index (κ2) is 11.5. The predicted molar refractivity (Wildman–Crippen MR) is 159 cm³/mol. The van der Waals surface area contributed by atoms with Crippen LogP contribution in [-0.4, -0.2) is 31.5 Å². The molecule has 1 unspecified atom stereocenters. The maximum Gasteiger partial charge on any atom is 0.240 e. The first-order chi connectivity index (χ1) is 18.6. The summed E-state index contributed by atoms with van der Waals surface area (Å²) in [6, 6.07) is 33.0. The Hall–Kier alpha value is -3.78. The van der Waals surface area contributed by atoms with Gasteiger partial charge in [-0.05, 0) is 47.9 Å². The van der Waals surface area contributed by atoms with Gasteiger partial charge in [-0.25, -0.2) is 18.1 Å². The summed E-state index contributed by atoms with van der Waals surface area (Å²) in [4.78, 5) is 12.1. The summed E-state index contributed by atoms with van der Waals surface area (Å²) >= 11 is 0. The van der Waals surface area contributed by atoms with Crippen LogP contribution in [0.2, 0.25) is 0 Å². The SMILES string of the molecule is Cl.O=S(=O)(NCc1ccccc1)c1cccc(-c2ccc3nccc(N4CCC(c5ccccc5)C4)c3n2)c1. The van der Waals surface area contributed by atoms with E-state index >= 15 is 0 Å². The standard InChI is InChI=1S/C31H28N4O2S.ClH/c36-38(37,33-21-23-8-3-1-4-9-23)27-13-7-12-25(20-27)28-14-15-29-31(34-28)30(16-18-32-29)35-19-17-26(22-35)24-10-5-2-6-11-24;/h1-16,18,20,26,33H,17,19,21-22H2;1H. The zero-order valence-corrected chi connectivity index (χ0v) is 22.9. The van der Waals surface area contributed by atoms with Gasteiger partial charge in [-0.3, -0.25) is 4.98 Å². The van der Waals surface area contributed by atoms with Crippen molar-refractivity contribution < 1.29 is 8.42 Å². The highest BCUT2D eigenvalue weighted by atomic mass is 35.5. The second-order valence-electron chi connectivity index (χ2n) is 9.57. The van der Waals surface area contributed by atoms with E-state index in [0.717, 1.165) is 47.4 Å². The number of rotatable bonds is 7. The summed E-state index contributed by atoms with van der Waals surface area (Å²) in [5, 5.41) is 0. The molecule has 0 amide bonds. The van der Waals surface area contributed by atoms with E-state index in [9.17, 15) is 8.42 Å². The number of sulfonamides is 1. The van der Waals surface area contributed by atoms with Gasteiger partial charge in [0.05, 0.1) is 21.8 Å². The minimum absolute atomic E-state index is 0. The number of benzene rings is 3. The van der Waals surface area contributed by atoms with Gasteiger partial charge < -0.3 is 4.90 Å². The molecule has 198 valence electrons. The lowest BCUT2D eigenvalue weighted by atomic mass is 9.99. The first-order valence-corrected chi connectivity index (χ1v) is 14.2. The lowest BCUT2D eigenvalue weighted by Crippen LogP contribution is -2.23. The van der Waals surface area contributed by atoms with Crippen molar-refractivity contribution in [3.8, 4) is 11.3 Å². The van der Waals surface area contributed by atoms with Gasteiger partial charge in [0.1, 0.15) is 5.52 Å². The molecule has 0 spiro atoms. The fraction of sp³-hybridized carbons (Fsp3) is 0.161. The van der Waals surface area contributed by atoms with Crippen LogP contribution < -0.4 is 9.62 Å². The Morgan fingerprint density at radius 3 is 2.44 bits per heavy atom. The number of halogens is 1. The van der Waals surface area contributed by atoms with E-state index in [2.05, 4.69) is 44.9 Å². The van der Waals surface area contributed by atoms with Gasteiger partial charge in [-0.15, -0.1) is 12.4 Å². The molecule has 1 aliphatic rings. The predicted octanol–water partition coefficient (Wildman–Crippen LogP) is 6.19. The fourth-order valence-electron chi connectivity index (χ4n) is 5.08. The first-order valence-electron chi connectivity index (χ1n) is 12.8. The third-order valence-corrected chi connectivity index (χ3v) is 8.51. The molecule has 1 fully saturated rings. The molecule has 6 nitrogen and oxygen atoms in total. The molecule has 3 heterocycles. The molecule has 1 atom stereocenters. The number of fused-ring (bicyclic) bond motifs is 1. The normalized spacial score (nSPS) is 15.3. The lowest BCUT2D eigenvalue weighted by molar-refractivity contribution is 0.581. The van der Waals surface area contributed by atoms with Crippen molar-refractivity contribution in [3.63, 3.8) is 0 Å². The van der Waals surface area contributed by atoms with Gasteiger partial charge in [0.25, 0.3) is 0 Å². The highest BCUT2D eigenvalue weighted by Gasteiger charge is 2.25. The van der Waals surface area contributed by atoms with Crippen LogP contribution in [0.25, 0.3) is 22.3 Å². The zero-order chi connectivity index (χ0) is 26.0. The number of aromatic nitrogens is 2. The lowest BCUT2D eigenvalue weighted by Gasteiger charge is -2.20. The van der Waals surface area contributed by atoms with Crippen LogP contribution in [0.4, 0.5) is 5.69 Å². The minimum atomic E-state index is -3.68. The van der Waals surface area contributed by atoms with Gasteiger partial charge in [0, 0.05) is 37.3 Å². The molecule has 0 radical (unpaired) electrons. The van der Waals surface area contributed by atoms with Crippen LogP contribution in [0.5, 0.6) is 0 Å². The summed E-state index contributed by atoms with van der Waals surface area (Å²) in [5.74, 6) is 0.480. The summed E-state index contributed by atoms with van der Waals surface area (Å²) in [7, 11) is -3.68. The summed E-state index contributed by atoms with van der Waals surface area (Å²) < 4.78 is 28.8. The molecule has 0 aliphatic carbocycles. The minimum Gasteiger partial charge on any atom is -0.369 e. The van der Waals surface area contributed by atoms with Crippen LogP contribution in [0, 0.1) is 0 Å². The van der Waals surface area contributed by atoms with Gasteiger partial charge in [0.2, 0.25) is 10.0 Å². The molecule has 39 heavy (non-hydrogen) atoms. The molecule has 2 aromatic heterocycles. The van der Waals surface area contributed by atoms with Gasteiger partial charge in [-0.2, -0.15) is 0 Å². The molecule has 1 aliphatic heterocycles.